The predicted molar refractivity (Wildman–Crippen MR) is 66.7 cm³/mol. The fraction of sp³-hybridized carbons (Fsp3) is 0.273. The lowest BCUT2D eigenvalue weighted by Crippen LogP contribution is -2.59. The molecule has 0 aromatic heterocycles. The number of benzene rings is 1. The van der Waals surface area contributed by atoms with E-state index in [1.165, 1.54) is 0 Å². The van der Waals surface area contributed by atoms with Gasteiger partial charge in [-0.3, -0.25) is 10.2 Å². The van der Waals surface area contributed by atoms with E-state index >= 15 is 0 Å². The van der Waals surface area contributed by atoms with Crippen LogP contribution in [0.1, 0.15) is 5.56 Å². The van der Waals surface area contributed by atoms with Gasteiger partial charge < -0.3 is 5.43 Å². The number of hydrazone groups is 1. The molecule has 0 saturated carbocycles. The highest BCUT2D eigenvalue weighted by atomic mass is 35.5. The van der Waals surface area contributed by atoms with E-state index in [-0.39, 0.29) is 11.9 Å². The maximum Gasteiger partial charge on any atom is 0.254 e. The molecule has 1 aromatic rings. The van der Waals surface area contributed by atoms with Gasteiger partial charge in [0, 0.05) is 6.54 Å². The largest absolute Gasteiger partial charge is 0.304 e. The number of nitrogens with one attached hydrogen (secondary N) is 3. The van der Waals surface area contributed by atoms with Crippen molar-refractivity contribution in [3.05, 3.63) is 35.9 Å². The molecule has 2 rings (SSSR count). The molecule has 1 aliphatic heterocycles. The molecule has 1 fully saturated rings. The zero-order chi connectivity index (χ0) is 12.1. The average molecular weight is 253 g/mol. The molecule has 2 atom stereocenters. The lowest BCUT2D eigenvalue weighted by molar-refractivity contribution is -0.123. The molecule has 1 heterocycles. The topological polar surface area (TPSA) is 65.5 Å². The van der Waals surface area contributed by atoms with Crippen LogP contribution in [0.2, 0.25) is 0 Å². The standard InChI is InChI=1S/C11H13ClN4O/c12-10-9(7-14-16-11(10)17)15-13-6-8-4-2-1-3-5-8/h1-6,9-10,14-15H,7H2,(H,16,17)/b13-6+. The van der Waals surface area contributed by atoms with Crippen molar-refractivity contribution in [2.45, 2.75) is 11.4 Å². The van der Waals surface area contributed by atoms with Gasteiger partial charge in [0.2, 0.25) is 0 Å². The number of hydrazine groups is 1. The molecule has 1 aromatic carbocycles. The Bertz CT molecular complexity index is 409. The van der Waals surface area contributed by atoms with Crippen molar-refractivity contribution in [2.24, 2.45) is 5.10 Å². The van der Waals surface area contributed by atoms with Crippen LogP contribution in [-0.4, -0.2) is 30.1 Å². The smallest absolute Gasteiger partial charge is 0.254 e. The quantitative estimate of drug-likeness (QED) is 0.410. The molecule has 5 nitrogen and oxygen atoms in total. The van der Waals surface area contributed by atoms with Crippen LogP contribution in [0.4, 0.5) is 0 Å². The monoisotopic (exact) mass is 252 g/mol. The van der Waals surface area contributed by atoms with Gasteiger partial charge in [-0.25, -0.2) is 5.43 Å². The van der Waals surface area contributed by atoms with E-state index < -0.39 is 5.38 Å². The van der Waals surface area contributed by atoms with E-state index in [9.17, 15) is 4.79 Å². The molecule has 90 valence electrons. The summed E-state index contributed by atoms with van der Waals surface area (Å²) in [6.07, 6.45) is 1.69. The van der Waals surface area contributed by atoms with Crippen molar-refractivity contribution in [1.82, 2.24) is 16.3 Å². The van der Waals surface area contributed by atoms with Crippen molar-refractivity contribution >= 4 is 23.7 Å². The molecule has 0 aliphatic carbocycles. The SMILES string of the molecule is O=C1NNCC(N/N=C/c2ccccc2)C1Cl. The van der Waals surface area contributed by atoms with Gasteiger partial charge in [-0.15, -0.1) is 11.6 Å². The minimum Gasteiger partial charge on any atom is -0.304 e. The van der Waals surface area contributed by atoms with Crippen LogP contribution in [0, 0.1) is 0 Å². The second-order valence-corrected chi connectivity index (χ2v) is 4.15. The van der Waals surface area contributed by atoms with Gasteiger partial charge >= 0.3 is 0 Å². The van der Waals surface area contributed by atoms with Crippen LogP contribution < -0.4 is 16.3 Å². The molecule has 0 spiro atoms. The van der Waals surface area contributed by atoms with E-state index in [4.69, 9.17) is 11.6 Å². The third kappa shape index (κ3) is 3.18. The van der Waals surface area contributed by atoms with Crippen LogP contribution in [0.15, 0.2) is 35.4 Å². The third-order valence-corrected chi connectivity index (χ3v) is 2.89. The molecule has 0 bridgehead atoms. The molecule has 1 aliphatic rings. The number of alkyl halides is 1. The maximum absolute atomic E-state index is 11.2. The van der Waals surface area contributed by atoms with Crippen LogP contribution >= 0.6 is 11.6 Å². The highest BCUT2D eigenvalue weighted by Gasteiger charge is 2.29. The first-order chi connectivity index (χ1) is 8.27. The first-order valence-electron chi connectivity index (χ1n) is 5.28. The molecule has 6 heteroatoms. The van der Waals surface area contributed by atoms with E-state index in [0.29, 0.717) is 6.54 Å². The Kier molecular flexibility index (Phi) is 3.95. The first-order valence-corrected chi connectivity index (χ1v) is 5.71. The minimum atomic E-state index is -0.621. The lowest BCUT2D eigenvalue weighted by Gasteiger charge is -2.26. The average Bonchev–Trinajstić information content (AvgIpc) is 2.36. The third-order valence-electron chi connectivity index (χ3n) is 2.39. The Morgan fingerprint density at radius 3 is 2.94 bits per heavy atom. The van der Waals surface area contributed by atoms with Crippen LogP contribution in [0.3, 0.4) is 0 Å². The van der Waals surface area contributed by atoms with Gasteiger partial charge in [0.05, 0.1) is 12.3 Å². The molecule has 17 heavy (non-hydrogen) atoms. The molecular weight excluding hydrogens is 240 g/mol. The van der Waals surface area contributed by atoms with Gasteiger partial charge in [0.1, 0.15) is 5.38 Å². The Morgan fingerprint density at radius 2 is 2.18 bits per heavy atom. The summed E-state index contributed by atoms with van der Waals surface area (Å²) < 4.78 is 0. The summed E-state index contributed by atoms with van der Waals surface area (Å²) in [6.45, 7) is 0.534. The predicted octanol–water partition coefficient (Wildman–Crippen LogP) is 0.221. The summed E-state index contributed by atoms with van der Waals surface area (Å²) in [7, 11) is 0. The van der Waals surface area contributed by atoms with E-state index in [1.807, 2.05) is 30.3 Å². The zero-order valence-electron chi connectivity index (χ0n) is 9.06. The van der Waals surface area contributed by atoms with Gasteiger partial charge in [-0.1, -0.05) is 30.3 Å². The number of rotatable bonds is 3. The van der Waals surface area contributed by atoms with Gasteiger partial charge in [0.25, 0.3) is 5.91 Å². The van der Waals surface area contributed by atoms with Gasteiger partial charge in [-0.05, 0) is 5.56 Å². The number of nitrogens with zero attached hydrogens (tertiary/aromatic N) is 1. The molecule has 2 unspecified atom stereocenters. The van der Waals surface area contributed by atoms with Crippen LogP contribution in [0.25, 0.3) is 0 Å². The van der Waals surface area contributed by atoms with Crippen LogP contribution in [0.5, 0.6) is 0 Å². The first kappa shape index (κ1) is 11.9. The van der Waals surface area contributed by atoms with Gasteiger partial charge in [-0.2, -0.15) is 5.10 Å². The normalized spacial score (nSPS) is 24.6. The molecule has 3 N–H and O–H groups in total. The van der Waals surface area contributed by atoms with Gasteiger partial charge in [0.15, 0.2) is 0 Å². The minimum absolute atomic E-state index is 0.217. The van der Waals surface area contributed by atoms with E-state index in [0.717, 1.165) is 5.56 Å². The summed E-state index contributed by atoms with van der Waals surface area (Å²) in [6, 6.07) is 9.47. The fourth-order valence-electron chi connectivity index (χ4n) is 1.46. The van der Waals surface area contributed by atoms with Crippen LogP contribution in [-0.2, 0) is 4.79 Å². The highest BCUT2D eigenvalue weighted by molar-refractivity contribution is 6.31. The van der Waals surface area contributed by atoms with Crippen molar-refractivity contribution in [2.75, 3.05) is 6.54 Å². The Labute approximate surface area is 104 Å². The number of hydrogen-bond donors (Lipinski definition) is 3. The summed E-state index contributed by atoms with van der Waals surface area (Å²) in [4.78, 5) is 11.2. The van der Waals surface area contributed by atoms with E-state index in [1.54, 1.807) is 6.21 Å². The summed E-state index contributed by atoms with van der Waals surface area (Å²) in [5.74, 6) is -0.245. The molecular formula is C11H13ClN4O. The van der Waals surface area contributed by atoms with Crippen molar-refractivity contribution in [3.63, 3.8) is 0 Å². The Morgan fingerprint density at radius 1 is 1.41 bits per heavy atom. The van der Waals surface area contributed by atoms with Crippen molar-refractivity contribution < 1.29 is 4.79 Å². The number of hydrogen-bond acceptors (Lipinski definition) is 4. The summed E-state index contributed by atoms with van der Waals surface area (Å²) >= 11 is 5.93. The second-order valence-electron chi connectivity index (χ2n) is 3.68. The molecule has 0 radical (unpaired) electrons. The number of carbonyl (C=O) groups is 1. The molecule has 1 amide bonds. The highest BCUT2D eigenvalue weighted by Crippen LogP contribution is 2.05. The number of carbonyl (C=O) groups excluding carboxylic acids is 1. The lowest BCUT2D eigenvalue weighted by atomic mass is 10.2. The van der Waals surface area contributed by atoms with Crippen molar-refractivity contribution in [3.8, 4) is 0 Å². The summed E-state index contributed by atoms with van der Waals surface area (Å²) in [5.41, 5.74) is 9.05. The van der Waals surface area contributed by atoms with E-state index in [2.05, 4.69) is 21.4 Å². The zero-order valence-corrected chi connectivity index (χ0v) is 9.82. The fourth-order valence-corrected chi connectivity index (χ4v) is 1.66. The maximum atomic E-state index is 11.2. The Balaban J connectivity index is 1.89. The Hall–Kier alpha value is -1.59. The van der Waals surface area contributed by atoms with Crippen molar-refractivity contribution in [1.29, 1.82) is 0 Å². The number of halogens is 1. The molecule has 1 saturated heterocycles. The second kappa shape index (κ2) is 5.65. The number of amides is 1. The summed E-state index contributed by atoms with van der Waals surface area (Å²) in [5, 5.41) is 3.45.